The maximum absolute atomic E-state index is 11.4. The number of carbonyl (C=O) groups is 1. The van der Waals surface area contributed by atoms with Crippen LogP contribution in [0.4, 0.5) is 0 Å². The van der Waals surface area contributed by atoms with Gasteiger partial charge in [0.05, 0.1) is 12.5 Å². The number of rotatable bonds is 5. The largest absolute Gasteiger partial charge is 0.380 e. The first-order valence-electron chi connectivity index (χ1n) is 6.54. The van der Waals surface area contributed by atoms with Gasteiger partial charge in [0.25, 0.3) is 0 Å². The number of methoxy groups -OCH3 is 1. The SMILES string of the molecule is COC1CCN(Cc2ccccc2CC(=O)NN)C1. The van der Waals surface area contributed by atoms with Gasteiger partial charge in [-0.3, -0.25) is 15.1 Å². The number of benzene rings is 1. The number of nitrogens with zero attached hydrogens (tertiary/aromatic N) is 1. The molecule has 1 aliphatic heterocycles. The van der Waals surface area contributed by atoms with Crippen molar-refractivity contribution in [2.45, 2.75) is 25.5 Å². The van der Waals surface area contributed by atoms with Crippen LogP contribution in [0.25, 0.3) is 0 Å². The maximum Gasteiger partial charge on any atom is 0.238 e. The van der Waals surface area contributed by atoms with Gasteiger partial charge in [0.2, 0.25) is 5.91 Å². The Hall–Kier alpha value is -1.43. The lowest BCUT2D eigenvalue weighted by atomic mass is 10.0. The van der Waals surface area contributed by atoms with E-state index < -0.39 is 0 Å². The van der Waals surface area contributed by atoms with Gasteiger partial charge in [0.15, 0.2) is 0 Å². The standard InChI is InChI=1S/C14H21N3O2/c1-19-13-6-7-17(10-13)9-12-5-3-2-4-11(12)8-14(18)16-15/h2-5,13H,6-10,15H2,1H3,(H,16,18). The van der Waals surface area contributed by atoms with Gasteiger partial charge in [-0.2, -0.15) is 0 Å². The Bertz CT molecular complexity index is 436. The fourth-order valence-electron chi connectivity index (χ4n) is 2.48. The Balaban J connectivity index is 2.01. The molecule has 104 valence electrons. The number of hydrogen-bond donors (Lipinski definition) is 2. The van der Waals surface area contributed by atoms with Gasteiger partial charge >= 0.3 is 0 Å². The highest BCUT2D eigenvalue weighted by atomic mass is 16.5. The molecule has 1 aliphatic rings. The highest BCUT2D eigenvalue weighted by Gasteiger charge is 2.22. The van der Waals surface area contributed by atoms with Crippen molar-refractivity contribution < 1.29 is 9.53 Å². The van der Waals surface area contributed by atoms with E-state index in [0.29, 0.717) is 12.5 Å². The number of ether oxygens (including phenoxy) is 1. The number of nitrogens with one attached hydrogen (secondary N) is 1. The zero-order valence-corrected chi connectivity index (χ0v) is 11.3. The van der Waals surface area contributed by atoms with Gasteiger partial charge in [0, 0.05) is 26.7 Å². The third-order valence-corrected chi connectivity index (χ3v) is 3.59. The molecule has 0 aliphatic carbocycles. The van der Waals surface area contributed by atoms with Crippen LogP contribution in [-0.2, 0) is 22.5 Å². The average molecular weight is 263 g/mol. The Morgan fingerprint density at radius 2 is 2.21 bits per heavy atom. The molecule has 1 aromatic carbocycles. The number of hydrogen-bond acceptors (Lipinski definition) is 4. The number of carbonyl (C=O) groups excluding carboxylic acids is 1. The van der Waals surface area contributed by atoms with Gasteiger partial charge in [-0.25, -0.2) is 5.84 Å². The summed E-state index contributed by atoms with van der Waals surface area (Å²) in [4.78, 5) is 13.8. The van der Waals surface area contributed by atoms with E-state index in [1.165, 1.54) is 5.56 Å². The maximum atomic E-state index is 11.4. The van der Waals surface area contributed by atoms with Crippen LogP contribution < -0.4 is 11.3 Å². The minimum atomic E-state index is -0.163. The summed E-state index contributed by atoms with van der Waals surface area (Å²) in [6.45, 7) is 2.84. The van der Waals surface area contributed by atoms with Crippen molar-refractivity contribution in [2.75, 3.05) is 20.2 Å². The normalized spacial score (nSPS) is 19.6. The van der Waals surface area contributed by atoms with Crippen molar-refractivity contribution in [3.8, 4) is 0 Å². The second-order valence-electron chi connectivity index (χ2n) is 4.89. The van der Waals surface area contributed by atoms with E-state index >= 15 is 0 Å². The molecular weight excluding hydrogens is 242 g/mol. The van der Waals surface area contributed by atoms with E-state index in [4.69, 9.17) is 10.6 Å². The Morgan fingerprint density at radius 1 is 1.47 bits per heavy atom. The lowest BCUT2D eigenvalue weighted by Gasteiger charge is -2.18. The summed E-state index contributed by atoms with van der Waals surface area (Å²) in [7, 11) is 1.76. The van der Waals surface area contributed by atoms with Crippen LogP contribution in [0.5, 0.6) is 0 Å². The fourth-order valence-corrected chi connectivity index (χ4v) is 2.48. The first-order valence-corrected chi connectivity index (χ1v) is 6.54. The highest BCUT2D eigenvalue weighted by molar-refractivity contribution is 5.78. The monoisotopic (exact) mass is 263 g/mol. The number of amides is 1. The third-order valence-electron chi connectivity index (χ3n) is 3.59. The van der Waals surface area contributed by atoms with Crippen LogP contribution >= 0.6 is 0 Å². The second kappa shape index (κ2) is 6.65. The number of nitrogens with two attached hydrogens (primary N) is 1. The van der Waals surface area contributed by atoms with Gasteiger partial charge in [-0.1, -0.05) is 24.3 Å². The molecule has 1 unspecified atom stereocenters. The van der Waals surface area contributed by atoms with E-state index in [1.54, 1.807) is 7.11 Å². The van der Waals surface area contributed by atoms with Gasteiger partial charge < -0.3 is 4.74 Å². The highest BCUT2D eigenvalue weighted by Crippen LogP contribution is 2.18. The molecule has 0 spiro atoms. The molecule has 0 radical (unpaired) electrons. The van der Waals surface area contributed by atoms with E-state index in [0.717, 1.165) is 31.6 Å². The van der Waals surface area contributed by atoms with Gasteiger partial charge in [-0.15, -0.1) is 0 Å². The molecule has 1 fully saturated rings. The Kier molecular flexibility index (Phi) is 4.90. The van der Waals surface area contributed by atoms with E-state index in [-0.39, 0.29) is 5.91 Å². The summed E-state index contributed by atoms with van der Waals surface area (Å²) in [5, 5.41) is 0. The summed E-state index contributed by atoms with van der Waals surface area (Å²) in [6.07, 6.45) is 1.73. The molecule has 1 atom stereocenters. The molecule has 1 saturated heterocycles. The predicted octanol–water partition coefficient (Wildman–Crippen LogP) is 0.440. The molecular formula is C14H21N3O2. The Morgan fingerprint density at radius 3 is 2.84 bits per heavy atom. The second-order valence-corrected chi connectivity index (χ2v) is 4.89. The molecule has 1 aromatic rings. The van der Waals surface area contributed by atoms with Crippen molar-refractivity contribution in [3.05, 3.63) is 35.4 Å². The fraction of sp³-hybridized carbons (Fsp3) is 0.500. The minimum absolute atomic E-state index is 0.163. The molecule has 0 aromatic heterocycles. The predicted molar refractivity (Wildman–Crippen MR) is 73.2 cm³/mol. The van der Waals surface area contributed by atoms with Crippen molar-refractivity contribution in [1.82, 2.24) is 10.3 Å². The number of hydrazine groups is 1. The molecule has 1 amide bonds. The van der Waals surface area contributed by atoms with Crippen molar-refractivity contribution in [1.29, 1.82) is 0 Å². The van der Waals surface area contributed by atoms with E-state index in [1.807, 2.05) is 18.2 Å². The molecule has 2 rings (SSSR count). The molecule has 19 heavy (non-hydrogen) atoms. The minimum Gasteiger partial charge on any atom is -0.380 e. The zero-order valence-electron chi connectivity index (χ0n) is 11.3. The van der Waals surface area contributed by atoms with Crippen LogP contribution in [0.2, 0.25) is 0 Å². The van der Waals surface area contributed by atoms with Crippen LogP contribution in [0.3, 0.4) is 0 Å². The Labute approximate surface area is 113 Å². The van der Waals surface area contributed by atoms with Gasteiger partial charge in [-0.05, 0) is 17.5 Å². The first-order chi connectivity index (χ1) is 9.22. The van der Waals surface area contributed by atoms with Crippen molar-refractivity contribution >= 4 is 5.91 Å². The van der Waals surface area contributed by atoms with Crippen LogP contribution in [0.15, 0.2) is 24.3 Å². The summed E-state index contributed by atoms with van der Waals surface area (Å²) in [5.74, 6) is 4.98. The summed E-state index contributed by atoms with van der Waals surface area (Å²) >= 11 is 0. The quantitative estimate of drug-likeness (QED) is 0.459. The molecule has 3 N–H and O–H groups in total. The van der Waals surface area contributed by atoms with Crippen molar-refractivity contribution in [3.63, 3.8) is 0 Å². The topological polar surface area (TPSA) is 67.6 Å². The number of likely N-dealkylation sites (tertiary alicyclic amines) is 1. The van der Waals surface area contributed by atoms with Crippen molar-refractivity contribution in [2.24, 2.45) is 5.84 Å². The van der Waals surface area contributed by atoms with Gasteiger partial charge in [0.1, 0.15) is 0 Å². The zero-order chi connectivity index (χ0) is 13.7. The summed E-state index contributed by atoms with van der Waals surface area (Å²) < 4.78 is 5.37. The van der Waals surface area contributed by atoms with Crippen LogP contribution in [-0.4, -0.2) is 37.1 Å². The summed E-state index contributed by atoms with van der Waals surface area (Å²) in [5.41, 5.74) is 4.39. The summed E-state index contributed by atoms with van der Waals surface area (Å²) in [6, 6.07) is 8.00. The molecule has 5 nitrogen and oxygen atoms in total. The van der Waals surface area contributed by atoms with Crippen LogP contribution in [0.1, 0.15) is 17.5 Å². The molecule has 0 bridgehead atoms. The average Bonchev–Trinajstić information content (AvgIpc) is 2.88. The lowest BCUT2D eigenvalue weighted by molar-refractivity contribution is -0.120. The smallest absolute Gasteiger partial charge is 0.238 e. The molecule has 1 heterocycles. The van der Waals surface area contributed by atoms with E-state index in [9.17, 15) is 4.79 Å². The lowest BCUT2D eigenvalue weighted by Crippen LogP contribution is -2.32. The molecule has 5 heteroatoms. The van der Waals surface area contributed by atoms with Crippen LogP contribution in [0, 0.1) is 0 Å². The first kappa shape index (κ1) is 14.0. The van der Waals surface area contributed by atoms with E-state index in [2.05, 4.69) is 16.4 Å². The molecule has 0 saturated carbocycles. The third kappa shape index (κ3) is 3.76.